The van der Waals surface area contributed by atoms with E-state index in [1.54, 1.807) is 0 Å². The molecule has 2 saturated carbocycles. The van der Waals surface area contributed by atoms with Crippen LogP contribution in [0.3, 0.4) is 0 Å². The van der Waals surface area contributed by atoms with E-state index in [1.165, 1.54) is 51.5 Å². The normalized spacial score (nSPS) is 38.1. The first-order valence-electron chi connectivity index (χ1n) is 8.37. The van der Waals surface area contributed by atoms with Gasteiger partial charge in [0.1, 0.15) is 0 Å². The molecule has 1 saturated heterocycles. The SMILES string of the molecule is CCC1(CNC2CCCC2C2COCCN2)CCC1. The van der Waals surface area contributed by atoms with Gasteiger partial charge in [0.25, 0.3) is 0 Å². The van der Waals surface area contributed by atoms with Crippen molar-refractivity contribution in [3.8, 4) is 0 Å². The molecule has 0 aromatic rings. The zero-order chi connectivity index (χ0) is 13.1. The Hall–Kier alpha value is -0.120. The van der Waals surface area contributed by atoms with E-state index in [4.69, 9.17) is 4.74 Å². The lowest BCUT2D eigenvalue weighted by Gasteiger charge is -2.43. The molecule has 19 heavy (non-hydrogen) atoms. The van der Waals surface area contributed by atoms with E-state index >= 15 is 0 Å². The number of ether oxygens (including phenoxy) is 1. The molecule has 3 heteroatoms. The van der Waals surface area contributed by atoms with Crippen LogP contribution in [0.5, 0.6) is 0 Å². The Bertz CT molecular complexity index is 279. The van der Waals surface area contributed by atoms with E-state index in [1.807, 2.05) is 0 Å². The van der Waals surface area contributed by atoms with Crippen LogP contribution < -0.4 is 10.6 Å². The van der Waals surface area contributed by atoms with Gasteiger partial charge in [-0.05, 0) is 43.4 Å². The smallest absolute Gasteiger partial charge is 0.0623 e. The molecule has 3 atom stereocenters. The molecule has 0 spiro atoms. The molecular formula is C16H30N2O. The number of hydrogen-bond donors (Lipinski definition) is 2. The Balaban J connectivity index is 1.51. The molecule has 0 amide bonds. The summed E-state index contributed by atoms with van der Waals surface area (Å²) in [7, 11) is 0. The zero-order valence-electron chi connectivity index (χ0n) is 12.4. The van der Waals surface area contributed by atoms with Crippen LogP contribution in [0.1, 0.15) is 51.9 Å². The summed E-state index contributed by atoms with van der Waals surface area (Å²) in [4.78, 5) is 0. The Morgan fingerprint density at radius 1 is 1.26 bits per heavy atom. The second-order valence-electron chi connectivity index (χ2n) is 6.92. The Kier molecular flexibility index (Phi) is 4.45. The van der Waals surface area contributed by atoms with Crippen molar-refractivity contribution in [3.63, 3.8) is 0 Å². The lowest BCUT2D eigenvalue weighted by atomic mass is 9.67. The van der Waals surface area contributed by atoms with Gasteiger partial charge in [0, 0.05) is 25.2 Å². The summed E-state index contributed by atoms with van der Waals surface area (Å²) < 4.78 is 5.65. The number of rotatable bonds is 5. The average molecular weight is 266 g/mol. The van der Waals surface area contributed by atoms with Crippen molar-refractivity contribution in [1.82, 2.24) is 10.6 Å². The molecule has 0 aromatic heterocycles. The van der Waals surface area contributed by atoms with E-state index in [0.717, 1.165) is 31.7 Å². The molecule has 3 unspecified atom stereocenters. The van der Waals surface area contributed by atoms with Gasteiger partial charge in [-0.15, -0.1) is 0 Å². The minimum absolute atomic E-state index is 0.590. The first-order valence-corrected chi connectivity index (χ1v) is 8.37. The Morgan fingerprint density at radius 3 is 2.79 bits per heavy atom. The Morgan fingerprint density at radius 2 is 2.16 bits per heavy atom. The van der Waals surface area contributed by atoms with E-state index < -0.39 is 0 Å². The molecule has 1 heterocycles. The monoisotopic (exact) mass is 266 g/mol. The fourth-order valence-electron chi connectivity index (χ4n) is 4.26. The highest BCUT2D eigenvalue weighted by Gasteiger charge is 2.38. The second-order valence-corrected chi connectivity index (χ2v) is 6.92. The van der Waals surface area contributed by atoms with Crippen molar-refractivity contribution in [2.45, 2.75) is 64.0 Å². The fourth-order valence-corrected chi connectivity index (χ4v) is 4.26. The topological polar surface area (TPSA) is 33.3 Å². The first kappa shape index (κ1) is 13.8. The number of hydrogen-bond acceptors (Lipinski definition) is 3. The van der Waals surface area contributed by atoms with Crippen LogP contribution in [-0.4, -0.2) is 38.4 Å². The molecule has 110 valence electrons. The third kappa shape index (κ3) is 2.98. The molecule has 3 aliphatic rings. The largest absolute Gasteiger partial charge is 0.379 e. The van der Waals surface area contributed by atoms with Crippen LogP contribution in [0.2, 0.25) is 0 Å². The summed E-state index contributed by atoms with van der Waals surface area (Å²) in [6.45, 7) is 6.45. The van der Waals surface area contributed by atoms with Crippen LogP contribution in [0.25, 0.3) is 0 Å². The summed E-state index contributed by atoms with van der Waals surface area (Å²) in [5.41, 5.74) is 0.642. The predicted molar refractivity (Wildman–Crippen MR) is 78.3 cm³/mol. The molecule has 2 aliphatic carbocycles. The highest BCUT2D eigenvalue weighted by molar-refractivity contribution is 4.95. The second kappa shape index (κ2) is 6.11. The van der Waals surface area contributed by atoms with Crippen LogP contribution in [0.15, 0.2) is 0 Å². The lowest BCUT2D eigenvalue weighted by molar-refractivity contribution is 0.0491. The highest BCUT2D eigenvalue weighted by atomic mass is 16.5. The van der Waals surface area contributed by atoms with E-state index in [9.17, 15) is 0 Å². The summed E-state index contributed by atoms with van der Waals surface area (Å²) in [6.07, 6.45) is 9.81. The van der Waals surface area contributed by atoms with Gasteiger partial charge in [0.15, 0.2) is 0 Å². The van der Waals surface area contributed by atoms with E-state index in [0.29, 0.717) is 11.5 Å². The van der Waals surface area contributed by atoms with Gasteiger partial charge in [0.05, 0.1) is 13.2 Å². The van der Waals surface area contributed by atoms with E-state index in [-0.39, 0.29) is 0 Å². The molecular weight excluding hydrogens is 236 g/mol. The molecule has 3 rings (SSSR count). The molecule has 0 radical (unpaired) electrons. The van der Waals surface area contributed by atoms with Crippen molar-refractivity contribution in [1.29, 1.82) is 0 Å². The van der Waals surface area contributed by atoms with Gasteiger partial charge in [0.2, 0.25) is 0 Å². The highest BCUT2D eigenvalue weighted by Crippen LogP contribution is 2.43. The van der Waals surface area contributed by atoms with Gasteiger partial charge < -0.3 is 15.4 Å². The van der Waals surface area contributed by atoms with Crippen LogP contribution in [0, 0.1) is 11.3 Å². The summed E-state index contributed by atoms with van der Waals surface area (Å²) in [5.74, 6) is 0.786. The van der Waals surface area contributed by atoms with Gasteiger partial charge in [-0.1, -0.05) is 19.8 Å². The molecule has 0 bridgehead atoms. The minimum atomic E-state index is 0.590. The maximum Gasteiger partial charge on any atom is 0.0623 e. The van der Waals surface area contributed by atoms with Gasteiger partial charge >= 0.3 is 0 Å². The lowest BCUT2D eigenvalue weighted by Crippen LogP contribution is -2.52. The molecule has 1 aliphatic heterocycles. The molecule has 0 aromatic carbocycles. The quantitative estimate of drug-likeness (QED) is 0.801. The third-order valence-electron chi connectivity index (χ3n) is 5.94. The molecule has 2 N–H and O–H groups in total. The zero-order valence-corrected chi connectivity index (χ0v) is 12.4. The van der Waals surface area contributed by atoms with Crippen molar-refractivity contribution >= 4 is 0 Å². The molecule has 3 fully saturated rings. The van der Waals surface area contributed by atoms with Gasteiger partial charge in [-0.25, -0.2) is 0 Å². The minimum Gasteiger partial charge on any atom is -0.379 e. The predicted octanol–water partition coefficient (Wildman–Crippen LogP) is 2.31. The average Bonchev–Trinajstić information content (AvgIpc) is 2.87. The van der Waals surface area contributed by atoms with Crippen LogP contribution in [-0.2, 0) is 4.74 Å². The third-order valence-corrected chi connectivity index (χ3v) is 5.94. The Labute approximate surface area is 117 Å². The van der Waals surface area contributed by atoms with Gasteiger partial charge in [-0.2, -0.15) is 0 Å². The van der Waals surface area contributed by atoms with Crippen molar-refractivity contribution in [2.75, 3.05) is 26.3 Å². The number of morpholine rings is 1. The van der Waals surface area contributed by atoms with Crippen LogP contribution >= 0.6 is 0 Å². The maximum atomic E-state index is 5.65. The number of nitrogens with one attached hydrogen (secondary N) is 2. The van der Waals surface area contributed by atoms with Crippen molar-refractivity contribution in [2.24, 2.45) is 11.3 Å². The standard InChI is InChI=1S/C16H30N2O/c1-2-16(7-4-8-16)12-18-14-6-3-5-13(14)15-11-19-10-9-17-15/h13-15,17-18H,2-12H2,1H3. The van der Waals surface area contributed by atoms with Crippen molar-refractivity contribution < 1.29 is 4.74 Å². The summed E-state index contributed by atoms with van der Waals surface area (Å²) >= 11 is 0. The fraction of sp³-hybridized carbons (Fsp3) is 1.00. The molecule has 3 nitrogen and oxygen atoms in total. The maximum absolute atomic E-state index is 5.65. The van der Waals surface area contributed by atoms with E-state index in [2.05, 4.69) is 17.6 Å². The summed E-state index contributed by atoms with van der Waals surface area (Å²) in [6, 6.07) is 1.32. The first-order chi connectivity index (χ1) is 9.33. The van der Waals surface area contributed by atoms with Crippen LogP contribution in [0.4, 0.5) is 0 Å². The van der Waals surface area contributed by atoms with Crippen molar-refractivity contribution in [3.05, 3.63) is 0 Å². The van der Waals surface area contributed by atoms with Gasteiger partial charge in [-0.3, -0.25) is 0 Å². The summed E-state index contributed by atoms with van der Waals surface area (Å²) in [5, 5.41) is 7.59.